The molecule has 2 heterocycles. The first-order chi connectivity index (χ1) is 12.2. The second kappa shape index (κ2) is 8.10. The van der Waals surface area contributed by atoms with Gasteiger partial charge in [-0.3, -0.25) is 4.79 Å². The summed E-state index contributed by atoms with van der Waals surface area (Å²) in [6.45, 7) is 7.05. The molecule has 1 atom stereocenters. The summed E-state index contributed by atoms with van der Waals surface area (Å²) in [6.07, 6.45) is 1.95. The van der Waals surface area contributed by atoms with E-state index in [1.54, 1.807) is 0 Å². The lowest BCUT2D eigenvalue weighted by molar-refractivity contribution is -0.136. The number of hydrogen-bond acceptors (Lipinski definition) is 4. The average Bonchev–Trinajstić information content (AvgIpc) is 2.67. The number of piperidine rings is 1. The van der Waals surface area contributed by atoms with Gasteiger partial charge in [-0.25, -0.2) is 0 Å². The van der Waals surface area contributed by atoms with Crippen molar-refractivity contribution >= 4 is 11.7 Å². The summed E-state index contributed by atoms with van der Waals surface area (Å²) in [5.41, 5.74) is 2.09. The number of carbonyl (C=O) groups excluding carboxylic acids is 1. The molecule has 5 heteroatoms. The summed E-state index contributed by atoms with van der Waals surface area (Å²) in [4.78, 5) is 17.2. The Bertz CT molecular complexity index is 687. The molecule has 1 saturated heterocycles. The highest BCUT2D eigenvalue weighted by Crippen LogP contribution is 2.23. The van der Waals surface area contributed by atoms with Crippen molar-refractivity contribution in [3.8, 4) is 0 Å². The predicted molar refractivity (Wildman–Crippen MR) is 99.2 cm³/mol. The minimum absolute atomic E-state index is 0.0283. The standard InChI is InChI=1S/C20H26N4O/c1-3-23(14-17-8-5-4-6-9-17)20(25)18-10-7-13-24(15-18)19-12-11-16(2)21-22-19/h4-6,8-9,11-12,18H,3,7,10,13-15H2,1-2H3. The number of aryl methyl sites for hydroxylation is 1. The molecular formula is C20H26N4O. The molecule has 0 saturated carbocycles. The Morgan fingerprint density at radius 3 is 2.68 bits per heavy atom. The van der Waals surface area contributed by atoms with Gasteiger partial charge in [0.1, 0.15) is 0 Å². The molecule has 1 aromatic heterocycles. The van der Waals surface area contributed by atoms with Gasteiger partial charge in [0.15, 0.2) is 5.82 Å². The number of rotatable bonds is 5. The van der Waals surface area contributed by atoms with Gasteiger partial charge in [-0.1, -0.05) is 30.3 Å². The van der Waals surface area contributed by atoms with E-state index < -0.39 is 0 Å². The molecule has 1 aliphatic heterocycles. The Morgan fingerprint density at radius 1 is 1.20 bits per heavy atom. The van der Waals surface area contributed by atoms with Gasteiger partial charge < -0.3 is 9.80 Å². The molecule has 0 spiro atoms. The minimum Gasteiger partial charge on any atom is -0.354 e. The van der Waals surface area contributed by atoms with Crippen LogP contribution in [0.4, 0.5) is 5.82 Å². The SMILES string of the molecule is CCN(Cc1ccccc1)C(=O)C1CCCN(c2ccc(C)nn2)C1. The van der Waals surface area contributed by atoms with E-state index in [0.29, 0.717) is 6.54 Å². The first kappa shape index (κ1) is 17.4. The van der Waals surface area contributed by atoms with Crippen molar-refractivity contribution in [1.82, 2.24) is 15.1 Å². The van der Waals surface area contributed by atoms with Crippen molar-refractivity contribution in [1.29, 1.82) is 0 Å². The summed E-state index contributed by atoms with van der Waals surface area (Å²) in [6, 6.07) is 14.2. The Balaban J connectivity index is 1.66. The smallest absolute Gasteiger partial charge is 0.227 e. The van der Waals surface area contributed by atoms with Crippen molar-refractivity contribution in [3.05, 3.63) is 53.7 Å². The maximum Gasteiger partial charge on any atom is 0.227 e. The fourth-order valence-electron chi connectivity index (χ4n) is 3.35. The van der Waals surface area contributed by atoms with Gasteiger partial charge in [-0.05, 0) is 44.4 Å². The monoisotopic (exact) mass is 338 g/mol. The number of aromatic nitrogens is 2. The zero-order valence-electron chi connectivity index (χ0n) is 15.1. The van der Waals surface area contributed by atoms with Crippen molar-refractivity contribution < 1.29 is 4.79 Å². The molecule has 0 N–H and O–H groups in total. The average molecular weight is 338 g/mol. The van der Waals surface area contributed by atoms with Gasteiger partial charge in [0.2, 0.25) is 5.91 Å². The molecule has 3 rings (SSSR count). The molecule has 1 unspecified atom stereocenters. The summed E-state index contributed by atoms with van der Waals surface area (Å²) < 4.78 is 0. The van der Waals surface area contributed by atoms with Crippen LogP contribution >= 0.6 is 0 Å². The Labute approximate surface area is 149 Å². The lowest BCUT2D eigenvalue weighted by Gasteiger charge is -2.35. The topological polar surface area (TPSA) is 49.3 Å². The third-order valence-electron chi connectivity index (χ3n) is 4.79. The Kier molecular flexibility index (Phi) is 5.64. The highest BCUT2D eigenvalue weighted by molar-refractivity contribution is 5.79. The van der Waals surface area contributed by atoms with Crippen LogP contribution in [0.3, 0.4) is 0 Å². The Hall–Kier alpha value is -2.43. The predicted octanol–water partition coefficient (Wildman–Crippen LogP) is 3.05. The first-order valence-electron chi connectivity index (χ1n) is 9.05. The van der Waals surface area contributed by atoms with Gasteiger partial charge in [0, 0.05) is 26.2 Å². The Morgan fingerprint density at radius 2 is 2.00 bits per heavy atom. The lowest BCUT2D eigenvalue weighted by Crippen LogP contribution is -2.45. The lowest BCUT2D eigenvalue weighted by atomic mass is 9.96. The number of amides is 1. The molecule has 1 aromatic carbocycles. The van der Waals surface area contributed by atoms with Gasteiger partial charge in [-0.15, -0.1) is 5.10 Å². The molecule has 1 amide bonds. The second-order valence-electron chi connectivity index (χ2n) is 6.66. The highest BCUT2D eigenvalue weighted by atomic mass is 16.2. The van der Waals surface area contributed by atoms with Crippen molar-refractivity contribution in [2.24, 2.45) is 5.92 Å². The van der Waals surface area contributed by atoms with Crippen LogP contribution in [0.25, 0.3) is 0 Å². The highest BCUT2D eigenvalue weighted by Gasteiger charge is 2.29. The molecule has 0 bridgehead atoms. The largest absolute Gasteiger partial charge is 0.354 e. The summed E-state index contributed by atoms with van der Waals surface area (Å²) in [5, 5.41) is 8.42. The van der Waals surface area contributed by atoms with E-state index in [2.05, 4.69) is 27.2 Å². The first-order valence-corrected chi connectivity index (χ1v) is 9.05. The molecule has 1 aliphatic rings. The van der Waals surface area contributed by atoms with Crippen LogP contribution in [0, 0.1) is 12.8 Å². The molecular weight excluding hydrogens is 312 g/mol. The van der Waals surface area contributed by atoms with Gasteiger partial charge in [-0.2, -0.15) is 5.10 Å². The number of benzene rings is 1. The molecule has 2 aromatic rings. The van der Waals surface area contributed by atoms with E-state index in [1.807, 2.05) is 49.1 Å². The van der Waals surface area contributed by atoms with Crippen LogP contribution < -0.4 is 4.90 Å². The van der Waals surface area contributed by atoms with Crippen LogP contribution in [0.1, 0.15) is 31.0 Å². The normalized spacial score (nSPS) is 17.4. The van der Waals surface area contributed by atoms with Crippen LogP contribution in [0.5, 0.6) is 0 Å². The number of anilines is 1. The van der Waals surface area contributed by atoms with Crippen LogP contribution in [-0.4, -0.2) is 40.6 Å². The van der Waals surface area contributed by atoms with Crippen molar-refractivity contribution in [2.45, 2.75) is 33.2 Å². The van der Waals surface area contributed by atoms with Gasteiger partial charge >= 0.3 is 0 Å². The molecule has 132 valence electrons. The molecule has 25 heavy (non-hydrogen) atoms. The third-order valence-corrected chi connectivity index (χ3v) is 4.79. The van der Waals surface area contributed by atoms with Crippen LogP contribution in [0.2, 0.25) is 0 Å². The van der Waals surface area contributed by atoms with Crippen LogP contribution in [-0.2, 0) is 11.3 Å². The van der Waals surface area contributed by atoms with Crippen molar-refractivity contribution in [3.63, 3.8) is 0 Å². The van der Waals surface area contributed by atoms with E-state index >= 15 is 0 Å². The fourth-order valence-corrected chi connectivity index (χ4v) is 3.35. The molecule has 5 nitrogen and oxygen atoms in total. The molecule has 0 radical (unpaired) electrons. The van der Waals surface area contributed by atoms with Gasteiger partial charge in [0.25, 0.3) is 0 Å². The second-order valence-corrected chi connectivity index (χ2v) is 6.66. The number of hydrogen-bond donors (Lipinski definition) is 0. The van der Waals surface area contributed by atoms with E-state index in [-0.39, 0.29) is 11.8 Å². The maximum atomic E-state index is 13.0. The van der Waals surface area contributed by atoms with E-state index in [9.17, 15) is 4.79 Å². The van der Waals surface area contributed by atoms with E-state index in [0.717, 1.165) is 44.0 Å². The van der Waals surface area contributed by atoms with Crippen LogP contribution in [0.15, 0.2) is 42.5 Å². The van der Waals surface area contributed by atoms with E-state index in [4.69, 9.17) is 0 Å². The minimum atomic E-state index is 0.0283. The fraction of sp³-hybridized carbons (Fsp3) is 0.450. The maximum absolute atomic E-state index is 13.0. The summed E-state index contributed by atoms with van der Waals surface area (Å²) in [7, 11) is 0. The van der Waals surface area contributed by atoms with Crippen molar-refractivity contribution in [2.75, 3.05) is 24.5 Å². The number of nitrogens with zero attached hydrogens (tertiary/aromatic N) is 4. The van der Waals surface area contributed by atoms with E-state index in [1.165, 1.54) is 5.56 Å². The number of carbonyl (C=O) groups is 1. The zero-order chi connectivity index (χ0) is 17.6. The zero-order valence-corrected chi connectivity index (χ0v) is 15.1. The quantitative estimate of drug-likeness (QED) is 0.841. The third kappa shape index (κ3) is 4.35. The van der Waals surface area contributed by atoms with Gasteiger partial charge in [0.05, 0.1) is 11.6 Å². The molecule has 0 aliphatic carbocycles. The molecule has 1 fully saturated rings. The summed E-state index contributed by atoms with van der Waals surface area (Å²) in [5.74, 6) is 1.14. The summed E-state index contributed by atoms with van der Waals surface area (Å²) >= 11 is 0.